The molecule has 1 atom stereocenters. The van der Waals surface area contributed by atoms with Gasteiger partial charge in [-0.2, -0.15) is 8.75 Å². The van der Waals surface area contributed by atoms with E-state index in [1.54, 1.807) is 36.4 Å². The van der Waals surface area contributed by atoms with E-state index in [9.17, 15) is 9.90 Å². The van der Waals surface area contributed by atoms with Crippen LogP contribution in [0.4, 0.5) is 17.3 Å². The lowest BCUT2D eigenvalue weighted by Gasteiger charge is -2.19. The molecule has 0 unspecified atom stereocenters. The van der Waals surface area contributed by atoms with E-state index < -0.39 is 0 Å². The fourth-order valence-corrected chi connectivity index (χ4v) is 4.10. The third-order valence-corrected chi connectivity index (χ3v) is 5.96. The van der Waals surface area contributed by atoms with Crippen molar-refractivity contribution in [2.75, 3.05) is 17.7 Å². The zero-order valence-corrected chi connectivity index (χ0v) is 20.1. The maximum Gasteiger partial charge on any atom is 0.257 e. The van der Waals surface area contributed by atoms with Crippen molar-refractivity contribution in [1.82, 2.24) is 13.6 Å². The molecular weight excluding hydrogens is 450 g/mol. The molecule has 4 rings (SSSR count). The molecule has 0 aliphatic carbocycles. The van der Waals surface area contributed by atoms with Gasteiger partial charge in [-0.05, 0) is 42.7 Å². The van der Waals surface area contributed by atoms with Crippen LogP contribution in [-0.4, -0.2) is 31.7 Å². The maximum absolute atomic E-state index is 13.0. The Morgan fingerprint density at radius 2 is 1.91 bits per heavy atom. The molecule has 0 spiro atoms. The second-order valence-corrected chi connectivity index (χ2v) is 8.60. The van der Waals surface area contributed by atoms with E-state index in [1.807, 2.05) is 43.3 Å². The number of phenols is 1. The molecule has 34 heavy (non-hydrogen) atoms. The molecule has 0 saturated carbocycles. The van der Waals surface area contributed by atoms with Crippen molar-refractivity contribution in [1.29, 1.82) is 0 Å². The van der Waals surface area contributed by atoms with Crippen LogP contribution in [0, 0.1) is 6.92 Å². The number of furan rings is 1. The number of para-hydroxylation sites is 1. The third-order valence-electron chi connectivity index (χ3n) is 5.43. The topological polar surface area (TPSA) is 104 Å². The van der Waals surface area contributed by atoms with Crippen molar-refractivity contribution in [3.8, 4) is 5.75 Å². The summed E-state index contributed by atoms with van der Waals surface area (Å²) in [4.78, 5) is 14.6. The van der Waals surface area contributed by atoms with Crippen LogP contribution in [0.1, 0.15) is 46.6 Å². The largest absolute Gasteiger partial charge is 0.505 e. The molecule has 4 aromatic rings. The molecule has 8 nitrogen and oxygen atoms in total. The second-order valence-electron chi connectivity index (χ2n) is 8.07. The van der Waals surface area contributed by atoms with E-state index >= 15 is 0 Å². The summed E-state index contributed by atoms with van der Waals surface area (Å²) in [5.41, 5.74) is 2.64. The van der Waals surface area contributed by atoms with E-state index in [1.165, 1.54) is 0 Å². The number of nitrogens with one attached hydrogen (secondary N) is 2. The molecule has 0 aliphatic rings. The molecule has 0 aliphatic heterocycles. The third kappa shape index (κ3) is 5.20. The predicted molar refractivity (Wildman–Crippen MR) is 134 cm³/mol. The second kappa shape index (κ2) is 10.4. The van der Waals surface area contributed by atoms with E-state index in [2.05, 4.69) is 26.3 Å². The van der Waals surface area contributed by atoms with Gasteiger partial charge in [-0.25, -0.2) is 0 Å². The quantitative estimate of drug-likeness (QED) is 0.265. The number of amides is 1. The molecular formula is C25H27N5O3S. The number of hydrogen-bond donors (Lipinski definition) is 3. The van der Waals surface area contributed by atoms with Gasteiger partial charge in [0.15, 0.2) is 17.4 Å². The summed E-state index contributed by atoms with van der Waals surface area (Å²) in [7, 11) is 1.71. The van der Waals surface area contributed by atoms with Crippen molar-refractivity contribution in [3.05, 3.63) is 83.3 Å². The number of hydrogen-bond acceptors (Lipinski definition) is 8. The van der Waals surface area contributed by atoms with Crippen molar-refractivity contribution >= 4 is 35.0 Å². The van der Waals surface area contributed by atoms with Crippen LogP contribution >= 0.6 is 11.7 Å². The summed E-state index contributed by atoms with van der Waals surface area (Å²) in [6.45, 7) is 4.46. The van der Waals surface area contributed by atoms with Gasteiger partial charge in [0.05, 0.1) is 35.3 Å². The fourth-order valence-electron chi connectivity index (χ4n) is 3.62. The van der Waals surface area contributed by atoms with Crippen LogP contribution < -0.4 is 10.6 Å². The van der Waals surface area contributed by atoms with Crippen LogP contribution in [0.15, 0.2) is 65.3 Å². The summed E-state index contributed by atoms with van der Waals surface area (Å²) in [5.74, 6) is 1.40. The summed E-state index contributed by atoms with van der Waals surface area (Å²) >= 11 is 1.05. The van der Waals surface area contributed by atoms with Crippen LogP contribution in [-0.2, 0) is 6.54 Å². The van der Waals surface area contributed by atoms with E-state index in [0.717, 1.165) is 35.0 Å². The zero-order valence-electron chi connectivity index (χ0n) is 19.3. The lowest BCUT2D eigenvalue weighted by atomic mass is 10.1. The van der Waals surface area contributed by atoms with Crippen LogP contribution in [0.2, 0.25) is 0 Å². The number of anilines is 3. The first kappa shape index (κ1) is 23.3. The number of aromatic nitrogens is 2. The molecule has 1 amide bonds. The number of benzene rings is 2. The highest BCUT2D eigenvalue weighted by Gasteiger charge is 2.21. The number of phenolic OH excluding ortho intramolecular Hbond substituents is 1. The van der Waals surface area contributed by atoms with Gasteiger partial charge in [-0.3, -0.25) is 4.79 Å². The number of carbonyl (C=O) groups excluding carboxylic acids is 1. The SMILES string of the molecule is CC[C@@H](Nc1nsnc1Nc1cccc(C(=O)N(C)Cc2ccccc2)c1O)c1cc(C)co1. The Balaban J connectivity index is 1.51. The number of carbonyl (C=O) groups is 1. The molecule has 0 saturated heterocycles. The summed E-state index contributed by atoms with van der Waals surface area (Å²) < 4.78 is 14.3. The first-order chi connectivity index (χ1) is 16.5. The van der Waals surface area contributed by atoms with Gasteiger partial charge in [-0.15, -0.1) is 0 Å². The molecule has 0 bridgehead atoms. The molecule has 176 valence electrons. The van der Waals surface area contributed by atoms with E-state index in [0.29, 0.717) is 23.9 Å². The highest BCUT2D eigenvalue weighted by Crippen LogP contribution is 2.34. The van der Waals surface area contributed by atoms with Crippen molar-refractivity contribution in [2.24, 2.45) is 0 Å². The first-order valence-corrected chi connectivity index (χ1v) is 11.7. The fraction of sp³-hybridized carbons (Fsp3) is 0.240. The van der Waals surface area contributed by atoms with Crippen molar-refractivity contribution in [2.45, 2.75) is 32.9 Å². The minimum absolute atomic E-state index is 0.0775. The number of aryl methyl sites for hydroxylation is 1. The Labute approximate surface area is 202 Å². The van der Waals surface area contributed by atoms with Gasteiger partial charge in [0.1, 0.15) is 5.76 Å². The molecule has 3 N–H and O–H groups in total. The number of aromatic hydroxyl groups is 1. The van der Waals surface area contributed by atoms with Gasteiger partial charge in [-0.1, -0.05) is 43.3 Å². The van der Waals surface area contributed by atoms with Gasteiger partial charge in [0.2, 0.25) is 0 Å². The zero-order chi connectivity index (χ0) is 24.1. The van der Waals surface area contributed by atoms with Crippen LogP contribution in [0.3, 0.4) is 0 Å². The first-order valence-electron chi connectivity index (χ1n) is 11.0. The average Bonchev–Trinajstić information content (AvgIpc) is 3.47. The monoisotopic (exact) mass is 477 g/mol. The van der Waals surface area contributed by atoms with Crippen molar-refractivity contribution in [3.63, 3.8) is 0 Å². The van der Waals surface area contributed by atoms with Crippen LogP contribution in [0.5, 0.6) is 5.75 Å². The van der Waals surface area contributed by atoms with E-state index in [-0.39, 0.29) is 23.3 Å². The Bertz CT molecular complexity index is 1250. The van der Waals surface area contributed by atoms with Gasteiger partial charge < -0.3 is 25.1 Å². The molecule has 2 aromatic heterocycles. The average molecular weight is 478 g/mol. The standard InChI is InChI=1S/C25H27N5O3S/c1-4-19(21-13-16(2)15-33-21)26-23-24(29-34-28-23)27-20-12-8-11-18(22(20)31)25(32)30(3)14-17-9-6-5-7-10-17/h5-13,15,19,31H,4,14H2,1-3H3,(H,26,28)(H,27,29)/t19-/m1/s1. The van der Waals surface area contributed by atoms with Gasteiger partial charge in [0, 0.05) is 13.6 Å². The highest BCUT2D eigenvalue weighted by molar-refractivity contribution is 6.99. The lowest BCUT2D eigenvalue weighted by Crippen LogP contribution is -2.26. The minimum Gasteiger partial charge on any atom is -0.505 e. The number of nitrogens with zero attached hydrogens (tertiary/aromatic N) is 3. The molecule has 0 fully saturated rings. The maximum atomic E-state index is 13.0. The molecule has 9 heteroatoms. The molecule has 0 radical (unpaired) electrons. The minimum atomic E-state index is -0.279. The van der Waals surface area contributed by atoms with Crippen LogP contribution in [0.25, 0.3) is 0 Å². The van der Waals surface area contributed by atoms with Crippen molar-refractivity contribution < 1.29 is 14.3 Å². The Morgan fingerprint density at radius 3 is 2.62 bits per heavy atom. The highest BCUT2D eigenvalue weighted by atomic mass is 32.1. The lowest BCUT2D eigenvalue weighted by molar-refractivity contribution is 0.0782. The Morgan fingerprint density at radius 1 is 1.15 bits per heavy atom. The molecule has 2 aromatic carbocycles. The Kier molecular flexibility index (Phi) is 7.12. The number of rotatable bonds is 9. The Hall–Kier alpha value is -3.85. The summed E-state index contributed by atoms with van der Waals surface area (Å²) in [5, 5.41) is 17.3. The predicted octanol–water partition coefficient (Wildman–Crippen LogP) is 5.72. The molecule has 2 heterocycles. The summed E-state index contributed by atoms with van der Waals surface area (Å²) in [6, 6.07) is 16.6. The smallest absolute Gasteiger partial charge is 0.257 e. The van der Waals surface area contributed by atoms with Gasteiger partial charge >= 0.3 is 0 Å². The van der Waals surface area contributed by atoms with Gasteiger partial charge in [0.25, 0.3) is 5.91 Å². The summed E-state index contributed by atoms with van der Waals surface area (Å²) in [6.07, 6.45) is 2.50. The van der Waals surface area contributed by atoms with E-state index in [4.69, 9.17) is 4.42 Å². The normalized spacial score (nSPS) is 11.7.